The van der Waals surface area contributed by atoms with Crippen molar-refractivity contribution in [2.24, 2.45) is 5.92 Å². The van der Waals surface area contributed by atoms with Gasteiger partial charge in [-0.3, -0.25) is 14.5 Å². The van der Waals surface area contributed by atoms with E-state index in [0.29, 0.717) is 37.1 Å². The summed E-state index contributed by atoms with van der Waals surface area (Å²) in [5, 5.41) is 2.95. The van der Waals surface area contributed by atoms with Crippen molar-refractivity contribution in [3.63, 3.8) is 0 Å². The topological polar surface area (TPSA) is 70.5 Å². The SMILES string of the molecule is CCN(CCNC(=O)c1cn2c(n1)C(=O)N(CC1CC1)CC2)Cc1ccccc1. The van der Waals surface area contributed by atoms with Crippen LogP contribution in [-0.2, 0) is 13.1 Å². The first-order chi connectivity index (χ1) is 14.1. The lowest BCUT2D eigenvalue weighted by Crippen LogP contribution is -2.41. The summed E-state index contributed by atoms with van der Waals surface area (Å²) < 4.78 is 1.81. The number of hydrogen-bond acceptors (Lipinski definition) is 4. The fourth-order valence-electron chi connectivity index (χ4n) is 3.73. The van der Waals surface area contributed by atoms with Crippen molar-refractivity contribution in [3.8, 4) is 0 Å². The first-order valence-electron chi connectivity index (χ1n) is 10.5. The molecule has 154 valence electrons. The van der Waals surface area contributed by atoms with Crippen LogP contribution in [-0.4, -0.2) is 63.9 Å². The molecule has 7 heteroatoms. The number of carbonyl (C=O) groups is 2. The Morgan fingerprint density at radius 3 is 2.76 bits per heavy atom. The van der Waals surface area contributed by atoms with Gasteiger partial charge in [-0.05, 0) is 30.9 Å². The number of nitrogens with one attached hydrogen (secondary N) is 1. The molecular formula is C22H29N5O2. The lowest BCUT2D eigenvalue weighted by molar-refractivity contribution is 0.0688. The summed E-state index contributed by atoms with van der Waals surface area (Å²) in [6.07, 6.45) is 4.13. The summed E-state index contributed by atoms with van der Waals surface area (Å²) in [4.78, 5) is 33.7. The molecule has 1 fully saturated rings. The summed E-state index contributed by atoms with van der Waals surface area (Å²) in [5.74, 6) is 0.772. The van der Waals surface area contributed by atoms with Gasteiger partial charge in [-0.2, -0.15) is 0 Å². The van der Waals surface area contributed by atoms with Gasteiger partial charge in [0.1, 0.15) is 5.69 Å². The van der Waals surface area contributed by atoms with E-state index in [0.717, 1.165) is 26.2 Å². The fourth-order valence-corrected chi connectivity index (χ4v) is 3.73. The maximum absolute atomic E-state index is 12.6. The van der Waals surface area contributed by atoms with E-state index in [1.807, 2.05) is 27.7 Å². The van der Waals surface area contributed by atoms with Crippen LogP contribution in [0.3, 0.4) is 0 Å². The van der Waals surface area contributed by atoms with Crippen LogP contribution in [0, 0.1) is 5.92 Å². The average molecular weight is 396 g/mol. The second kappa shape index (κ2) is 8.78. The number of rotatable bonds is 9. The highest BCUT2D eigenvalue weighted by molar-refractivity contribution is 5.96. The van der Waals surface area contributed by atoms with Crippen molar-refractivity contribution in [2.45, 2.75) is 32.9 Å². The van der Waals surface area contributed by atoms with Crippen LogP contribution in [0.25, 0.3) is 0 Å². The van der Waals surface area contributed by atoms with Gasteiger partial charge in [0.15, 0.2) is 5.82 Å². The summed E-state index contributed by atoms with van der Waals surface area (Å²) in [5.41, 5.74) is 1.59. The molecule has 2 aromatic rings. The van der Waals surface area contributed by atoms with E-state index >= 15 is 0 Å². The molecule has 1 aromatic carbocycles. The Labute approximate surface area is 171 Å². The molecule has 7 nitrogen and oxygen atoms in total. The van der Waals surface area contributed by atoms with Crippen molar-refractivity contribution in [3.05, 3.63) is 53.6 Å². The van der Waals surface area contributed by atoms with Gasteiger partial charge in [0.2, 0.25) is 0 Å². The number of carbonyl (C=O) groups excluding carboxylic acids is 2. The number of hydrogen-bond donors (Lipinski definition) is 1. The van der Waals surface area contributed by atoms with E-state index < -0.39 is 0 Å². The lowest BCUT2D eigenvalue weighted by atomic mass is 10.2. The third-order valence-electron chi connectivity index (χ3n) is 5.68. The number of fused-ring (bicyclic) bond motifs is 1. The molecular weight excluding hydrogens is 366 g/mol. The van der Waals surface area contributed by atoms with Crippen LogP contribution in [0.4, 0.5) is 0 Å². The normalized spacial score (nSPS) is 16.2. The molecule has 1 aliphatic heterocycles. The van der Waals surface area contributed by atoms with Gasteiger partial charge >= 0.3 is 0 Å². The molecule has 0 saturated heterocycles. The first-order valence-corrected chi connectivity index (χ1v) is 10.5. The zero-order valence-electron chi connectivity index (χ0n) is 17.0. The van der Waals surface area contributed by atoms with E-state index in [2.05, 4.69) is 34.3 Å². The molecule has 2 amide bonds. The number of likely N-dealkylation sites (N-methyl/N-ethyl adjacent to an activating group) is 1. The predicted molar refractivity (Wildman–Crippen MR) is 111 cm³/mol. The number of amides is 2. The third kappa shape index (κ3) is 4.85. The van der Waals surface area contributed by atoms with E-state index in [-0.39, 0.29) is 11.8 Å². The molecule has 0 spiro atoms. The van der Waals surface area contributed by atoms with Crippen molar-refractivity contribution in [1.82, 2.24) is 24.7 Å². The number of imidazole rings is 1. The van der Waals surface area contributed by atoms with Gasteiger partial charge in [-0.25, -0.2) is 4.98 Å². The average Bonchev–Trinajstić information content (AvgIpc) is 3.44. The monoisotopic (exact) mass is 395 g/mol. The highest BCUT2D eigenvalue weighted by Crippen LogP contribution is 2.30. The smallest absolute Gasteiger partial charge is 0.289 e. The summed E-state index contributed by atoms with van der Waals surface area (Å²) in [6, 6.07) is 10.3. The second-order valence-electron chi connectivity index (χ2n) is 7.95. The fraction of sp³-hybridized carbons (Fsp3) is 0.500. The van der Waals surface area contributed by atoms with E-state index in [9.17, 15) is 9.59 Å². The Kier molecular flexibility index (Phi) is 5.94. The van der Waals surface area contributed by atoms with Gasteiger partial charge < -0.3 is 14.8 Å². The highest BCUT2D eigenvalue weighted by Gasteiger charge is 2.32. The minimum absolute atomic E-state index is 0.0535. The third-order valence-corrected chi connectivity index (χ3v) is 5.68. The van der Waals surface area contributed by atoms with Gasteiger partial charge in [0.25, 0.3) is 11.8 Å². The van der Waals surface area contributed by atoms with E-state index in [4.69, 9.17) is 0 Å². The van der Waals surface area contributed by atoms with Crippen molar-refractivity contribution < 1.29 is 9.59 Å². The Morgan fingerprint density at radius 1 is 1.24 bits per heavy atom. The first kappa shape index (κ1) is 19.6. The largest absolute Gasteiger partial charge is 0.349 e. The van der Waals surface area contributed by atoms with Crippen LogP contribution in [0.15, 0.2) is 36.5 Å². The lowest BCUT2D eigenvalue weighted by Gasteiger charge is -2.27. The van der Waals surface area contributed by atoms with Gasteiger partial charge in [-0.1, -0.05) is 37.3 Å². The van der Waals surface area contributed by atoms with Gasteiger partial charge in [0, 0.05) is 45.5 Å². The summed E-state index contributed by atoms with van der Waals surface area (Å²) >= 11 is 0. The standard InChI is InChI=1S/C22H29N5O2/c1-2-25(14-17-6-4-3-5-7-17)11-10-23-21(28)19-16-26-12-13-27(15-18-8-9-18)22(29)20(26)24-19/h3-7,16,18H,2,8-15H2,1H3,(H,23,28). The second-order valence-corrected chi connectivity index (χ2v) is 7.95. The molecule has 2 aliphatic rings. The highest BCUT2D eigenvalue weighted by atomic mass is 16.2. The molecule has 2 heterocycles. The molecule has 1 aromatic heterocycles. The minimum atomic E-state index is -0.218. The minimum Gasteiger partial charge on any atom is -0.349 e. The summed E-state index contributed by atoms with van der Waals surface area (Å²) in [6.45, 7) is 7.42. The Hall–Kier alpha value is -2.67. The predicted octanol–water partition coefficient (Wildman–Crippen LogP) is 2.00. The van der Waals surface area contributed by atoms with Crippen LogP contribution in [0.5, 0.6) is 0 Å². The van der Waals surface area contributed by atoms with Crippen LogP contribution < -0.4 is 5.32 Å². The van der Waals surface area contributed by atoms with Crippen LogP contribution in [0.2, 0.25) is 0 Å². The maximum atomic E-state index is 12.6. The van der Waals surface area contributed by atoms with Crippen LogP contribution >= 0.6 is 0 Å². The molecule has 0 radical (unpaired) electrons. The Bertz CT molecular complexity index is 859. The number of benzene rings is 1. The zero-order chi connectivity index (χ0) is 20.2. The Balaban J connectivity index is 1.29. The van der Waals surface area contributed by atoms with Crippen molar-refractivity contribution >= 4 is 11.8 Å². The van der Waals surface area contributed by atoms with Crippen LogP contribution in [0.1, 0.15) is 46.4 Å². The summed E-state index contributed by atoms with van der Waals surface area (Å²) in [7, 11) is 0. The molecule has 0 atom stereocenters. The van der Waals surface area contributed by atoms with Crippen molar-refractivity contribution in [1.29, 1.82) is 0 Å². The number of nitrogens with zero attached hydrogens (tertiary/aromatic N) is 4. The zero-order valence-corrected chi connectivity index (χ0v) is 17.0. The quantitative estimate of drug-likeness (QED) is 0.705. The van der Waals surface area contributed by atoms with E-state index in [1.54, 1.807) is 6.20 Å². The maximum Gasteiger partial charge on any atom is 0.289 e. The molecule has 1 N–H and O–H groups in total. The molecule has 0 bridgehead atoms. The van der Waals surface area contributed by atoms with Crippen molar-refractivity contribution in [2.75, 3.05) is 32.7 Å². The van der Waals surface area contributed by atoms with Gasteiger partial charge in [0.05, 0.1) is 0 Å². The Morgan fingerprint density at radius 2 is 2.03 bits per heavy atom. The number of aromatic nitrogens is 2. The molecule has 0 unspecified atom stereocenters. The molecule has 29 heavy (non-hydrogen) atoms. The van der Waals surface area contributed by atoms with Gasteiger partial charge in [-0.15, -0.1) is 0 Å². The molecule has 1 saturated carbocycles. The van der Waals surface area contributed by atoms with E-state index in [1.165, 1.54) is 18.4 Å². The molecule has 1 aliphatic carbocycles. The molecule has 4 rings (SSSR count).